The third kappa shape index (κ3) is 3.84. The van der Waals surface area contributed by atoms with E-state index in [0.29, 0.717) is 16.8 Å². The van der Waals surface area contributed by atoms with Crippen LogP contribution in [-0.2, 0) is 0 Å². The van der Waals surface area contributed by atoms with Crippen molar-refractivity contribution >= 4 is 22.9 Å². The minimum atomic E-state index is -4.79. The van der Waals surface area contributed by atoms with Crippen LogP contribution in [0.2, 0.25) is 0 Å². The molecule has 0 aliphatic rings. The molecule has 0 radical (unpaired) electrons. The van der Waals surface area contributed by atoms with Gasteiger partial charge in [-0.2, -0.15) is 23.4 Å². The molecule has 4 aromatic rings. The van der Waals surface area contributed by atoms with E-state index in [4.69, 9.17) is 5.11 Å². The van der Waals surface area contributed by atoms with Gasteiger partial charge < -0.3 is 10.4 Å². The molecule has 12 heteroatoms. The fraction of sp³-hybridized carbons (Fsp3) is 0.176. The minimum absolute atomic E-state index is 0.212. The molecule has 0 aromatic carbocycles. The molecule has 4 heterocycles. The fourth-order valence-electron chi connectivity index (χ4n) is 2.62. The zero-order valence-electron chi connectivity index (χ0n) is 14.5. The van der Waals surface area contributed by atoms with Crippen LogP contribution >= 0.6 is 11.3 Å². The van der Waals surface area contributed by atoms with Gasteiger partial charge in [-0.05, 0) is 17.0 Å². The quantitative estimate of drug-likeness (QED) is 0.458. The molecule has 29 heavy (non-hydrogen) atoms. The van der Waals surface area contributed by atoms with Gasteiger partial charge in [0.15, 0.2) is 11.8 Å². The molecule has 1 unspecified atom stereocenters. The van der Waals surface area contributed by atoms with Gasteiger partial charge in [0, 0.05) is 35.3 Å². The average molecular weight is 422 g/mol. The molecule has 0 aliphatic carbocycles. The maximum absolute atomic E-state index is 12.3. The summed E-state index contributed by atoms with van der Waals surface area (Å²) in [4.78, 5) is 16.7. The van der Waals surface area contributed by atoms with Crippen molar-refractivity contribution in [3.63, 3.8) is 0 Å². The zero-order chi connectivity index (χ0) is 20.6. The first-order chi connectivity index (χ1) is 13.8. The van der Waals surface area contributed by atoms with Crippen molar-refractivity contribution in [1.29, 1.82) is 0 Å². The number of aromatic amines is 1. The topological polar surface area (TPSA) is 108 Å². The summed E-state index contributed by atoms with van der Waals surface area (Å²) in [6.45, 7) is -0.912. The number of rotatable bonds is 5. The lowest BCUT2D eigenvalue weighted by molar-refractivity contribution is -0.201. The number of amides is 1. The smallest absolute Gasteiger partial charge is 0.382 e. The third-order valence-electron chi connectivity index (χ3n) is 4.16. The Balaban J connectivity index is 1.53. The summed E-state index contributed by atoms with van der Waals surface area (Å²) in [6, 6.07) is 1.54. The summed E-state index contributed by atoms with van der Waals surface area (Å²) >= 11 is 1.07. The maximum atomic E-state index is 12.3. The van der Waals surface area contributed by atoms with Crippen molar-refractivity contribution in [2.45, 2.75) is 12.3 Å². The van der Waals surface area contributed by atoms with Gasteiger partial charge in [0.2, 0.25) is 0 Å². The summed E-state index contributed by atoms with van der Waals surface area (Å²) in [5.41, 5.74) is 3.57. The van der Waals surface area contributed by atoms with Crippen LogP contribution in [0.25, 0.3) is 27.9 Å². The summed E-state index contributed by atoms with van der Waals surface area (Å²) in [7, 11) is 0. The highest BCUT2D eigenvalue weighted by Gasteiger charge is 2.38. The molecule has 0 bridgehead atoms. The van der Waals surface area contributed by atoms with Crippen LogP contribution in [0, 0.1) is 0 Å². The summed E-state index contributed by atoms with van der Waals surface area (Å²) < 4.78 is 38.6. The van der Waals surface area contributed by atoms with Gasteiger partial charge in [0.25, 0.3) is 5.91 Å². The van der Waals surface area contributed by atoms with Crippen molar-refractivity contribution in [2.75, 3.05) is 6.54 Å². The first-order valence-electron chi connectivity index (χ1n) is 8.27. The second-order valence-corrected chi connectivity index (χ2v) is 7.03. The Morgan fingerprint density at radius 2 is 2.10 bits per heavy atom. The zero-order valence-corrected chi connectivity index (χ0v) is 15.3. The highest BCUT2D eigenvalue weighted by atomic mass is 32.1. The van der Waals surface area contributed by atoms with E-state index in [1.807, 2.05) is 0 Å². The fourth-order valence-corrected chi connectivity index (χ4v) is 3.45. The monoisotopic (exact) mass is 422 g/mol. The Hall–Kier alpha value is -3.25. The van der Waals surface area contributed by atoms with Crippen LogP contribution in [0.15, 0.2) is 42.4 Å². The number of carbonyl (C=O) groups excluding carboxylic acids is 1. The van der Waals surface area contributed by atoms with E-state index < -0.39 is 24.7 Å². The van der Waals surface area contributed by atoms with E-state index in [-0.39, 0.29) is 4.88 Å². The van der Waals surface area contributed by atoms with Gasteiger partial charge >= 0.3 is 6.18 Å². The van der Waals surface area contributed by atoms with Crippen LogP contribution in [0.5, 0.6) is 0 Å². The summed E-state index contributed by atoms with van der Waals surface area (Å²) in [5, 5.41) is 23.7. The summed E-state index contributed by atoms with van der Waals surface area (Å²) in [6.07, 6.45) is 1.04. The van der Waals surface area contributed by atoms with Gasteiger partial charge in [-0.15, -0.1) is 11.3 Å². The number of aliphatic hydroxyl groups is 1. The number of halogens is 3. The number of hydrogen-bond acceptors (Lipinski definition) is 6. The number of nitrogens with zero attached hydrogens (tertiary/aromatic N) is 4. The standard InChI is InChI=1S/C17H13F3N6O2S/c18-17(19,20)14(27)6-22-16(28)13-1-9(8-29-13)12-5-25-26-7-11(2-21-15(12)26)10-3-23-24-4-10/h1-5,7-8,14,27H,6H2,(H,22,28)(H,23,24). The molecule has 1 amide bonds. The van der Waals surface area contributed by atoms with E-state index in [0.717, 1.165) is 22.5 Å². The minimum Gasteiger partial charge on any atom is -0.382 e. The van der Waals surface area contributed by atoms with Crippen molar-refractivity contribution < 1.29 is 23.1 Å². The predicted molar refractivity (Wildman–Crippen MR) is 98.3 cm³/mol. The van der Waals surface area contributed by atoms with Crippen molar-refractivity contribution in [3.05, 3.63) is 47.3 Å². The van der Waals surface area contributed by atoms with Crippen LogP contribution in [0.4, 0.5) is 13.2 Å². The van der Waals surface area contributed by atoms with E-state index in [9.17, 15) is 18.0 Å². The molecule has 8 nitrogen and oxygen atoms in total. The van der Waals surface area contributed by atoms with Gasteiger partial charge in [-0.1, -0.05) is 0 Å². The SMILES string of the molecule is O=C(NCC(O)C(F)(F)F)c1cc(-c2cnn3cc(-c4cn[nH]c4)cnc23)cs1. The molecule has 0 fully saturated rings. The number of aliphatic hydroxyl groups excluding tert-OH is 1. The first-order valence-corrected chi connectivity index (χ1v) is 9.15. The van der Waals surface area contributed by atoms with Crippen molar-refractivity contribution in [2.24, 2.45) is 0 Å². The highest BCUT2D eigenvalue weighted by molar-refractivity contribution is 7.12. The number of thiophene rings is 1. The molecule has 4 rings (SSSR count). The highest BCUT2D eigenvalue weighted by Crippen LogP contribution is 2.29. The molecule has 150 valence electrons. The number of fused-ring (bicyclic) bond motifs is 1. The van der Waals surface area contributed by atoms with Crippen molar-refractivity contribution in [3.8, 4) is 22.3 Å². The third-order valence-corrected chi connectivity index (χ3v) is 5.09. The number of H-pyrrole nitrogens is 1. The van der Waals surface area contributed by atoms with E-state index in [1.54, 1.807) is 46.9 Å². The second-order valence-electron chi connectivity index (χ2n) is 6.12. The lowest BCUT2D eigenvalue weighted by atomic mass is 10.1. The number of aromatic nitrogens is 5. The Morgan fingerprint density at radius 3 is 2.83 bits per heavy atom. The molecule has 4 aromatic heterocycles. The largest absolute Gasteiger partial charge is 0.416 e. The Morgan fingerprint density at radius 1 is 1.28 bits per heavy atom. The Kier molecular flexibility index (Phi) is 4.80. The molecule has 1 atom stereocenters. The summed E-state index contributed by atoms with van der Waals surface area (Å²) in [5.74, 6) is -0.698. The molecular formula is C17H13F3N6O2S. The Labute approximate surface area is 165 Å². The molecule has 0 spiro atoms. The lowest BCUT2D eigenvalue weighted by Gasteiger charge is -2.14. The number of nitrogens with one attached hydrogen (secondary N) is 2. The van der Waals surface area contributed by atoms with Gasteiger partial charge in [0.05, 0.1) is 23.8 Å². The van der Waals surface area contributed by atoms with E-state index in [1.165, 1.54) is 0 Å². The lowest BCUT2D eigenvalue weighted by Crippen LogP contribution is -2.40. The average Bonchev–Trinajstić information content (AvgIpc) is 3.44. The van der Waals surface area contributed by atoms with Gasteiger partial charge in [0.1, 0.15) is 0 Å². The number of hydrogen-bond donors (Lipinski definition) is 3. The van der Waals surface area contributed by atoms with Gasteiger partial charge in [-0.25, -0.2) is 9.50 Å². The van der Waals surface area contributed by atoms with E-state index in [2.05, 4.69) is 25.6 Å². The van der Waals surface area contributed by atoms with Crippen LogP contribution in [-0.4, -0.2) is 54.6 Å². The first kappa shape index (κ1) is 19.1. The van der Waals surface area contributed by atoms with Crippen LogP contribution in [0.3, 0.4) is 0 Å². The van der Waals surface area contributed by atoms with Crippen LogP contribution < -0.4 is 5.32 Å². The second kappa shape index (κ2) is 7.29. The van der Waals surface area contributed by atoms with E-state index >= 15 is 0 Å². The number of carbonyl (C=O) groups is 1. The molecular weight excluding hydrogens is 409 g/mol. The molecule has 3 N–H and O–H groups in total. The maximum Gasteiger partial charge on any atom is 0.416 e. The molecule has 0 saturated carbocycles. The molecule has 0 saturated heterocycles. The molecule has 0 aliphatic heterocycles. The normalized spacial score (nSPS) is 13.0. The van der Waals surface area contributed by atoms with Crippen LogP contribution in [0.1, 0.15) is 9.67 Å². The van der Waals surface area contributed by atoms with Gasteiger partial charge in [-0.3, -0.25) is 9.89 Å². The Bertz CT molecular complexity index is 1150. The predicted octanol–water partition coefficient (Wildman–Crippen LogP) is 2.50. The number of alkyl halides is 3. The van der Waals surface area contributed by atoms with Crippen molar-refractivity contribution in [1.82, 2.24) is 30.1 Å².